The lowest BCUT2D eigenvalue weighted by Crippen LogP contribution is -2.44. The van der Waals surface area contributed by atoms with Crippen LogP contribution in [0.15, 0.2) is 48.8 Å². The lowest BCUT2D eigenvalue weighted by atomic mass is 9.77. The molecule has 4 rings (SSSR count). The summed E-state index contributed by atoms with van der Waals surface area (Å²) in [4.78, 5) is 26.2. The van der Waals surface area contributed by atoms with Gasteiger partial charge in [0.25, 0.3) is 0 Å². The summed E-state index contributed by atoms with van der Waals surface area (Å²) in [5.41, 5.74) is 1.93. The van der Waals surface area contributed by atoms with Gasteiger partial charge in [-0.3, -0.25) is 19.7 Å². The average molecular weight is 336 g/mol. The van der Waals surface area contributed by atoms with E-state index in [1.807, 2.05) is 41.4 Å². The molecule has 4 heterocycles. The maximum Gasteiger partial charge on any atom is 0.229 e. The first kappa shape index (κ1) is 16.2. The third kappa shape index (κ3) is 3.42. The van der Waals surface area contributed by atoms with Crippen molar-refractivity contribution in [1.82, 2.24) is 19.8 Å². The maximum absolute atomic E-state index is 13.0. The van der Waals surface area contributed by atoms with E-state index >= 15 is 0 Å². The van der Waals surface area contributed by atoms with Crippen LogP contribution in [0.4, 0.5) is 0 Å². The summed E-state index contributed by atoms with van der Waals surface area (Å²) >= 11 is 0. The molecule has 2 aliphatic heterocycles. The molecule has 2 fully saturated rings. The van der Waals surface area contributed by atoms with Crippen molar-refractivity contribution in [2.45, 2.75) is 32.4 Å². The number of pyridine rings is 2. The molecular formula is C20H24N4O. The second-order valence-electron chi connectivity index (χ2n) is 7.18. The van der Waals surface area contributed by atoms with Crippen molar-refractivity contribution < 1.29 is 4.79 Å². The van der Waals surface area contributed by atoms with Gasteiger partial charge in [0.2, 0.25) is 5.91 Å². The number of rotatable bonds is 4. The Bertz CT molecular complexity index is 711. The van der Waals surface area contributed by atoms with E-state index in [1.165, 1.54) is 0 Å². The third-order valence-corrected chi connectivity index (χ3v) is 5.61. The van der Waals surface area contributed by atoms with Crippen LogP contribution in [0.3, 0.4) is 0 Å². The fourth-order valence-corrected chi connectivity index (χ4v) is 4.05. The summed E-state index contributed by atoms with van der Waals surface area (Å²) in [7, 11) is 0. The van der Waals surface area contributed by atoms with E-state index in [2.05, 4.69) is 20.9 Å². The van der Waals surface area contributed by atoms with Gasteiger partial charge in [0, 0.05) is 25.5 Å². The lowest BCUT2D eigenvalue weighted by Gasteiger charge is -2.37. The Morgan fingerprint density at radius 1 is 0.840 bits per heavy atom. The topological polar surface area (TPSA) is 49.3 Å². The van der Waals surface area contributed by atoms with E-state index in [0.29, 0.717) is 12.5 Å². The molecule has 2 aromatic heterocycles. The van der Waals surface area contributed by atoms with Crippen LogP contribution in [0, 0.1) is 5.41 Å². The van der Waals surface area contributed by atoms with Crippen molar-refractivity contribution in [2.75, 3.05) is 19.6 Å². The highest BCUT2D eigenvalue weighted by Gasteiger charge is 2.47. The number of piperidine rings is 1. The van der Waals surface area contributed by atoms with Gasteiger partial charge in [-0.15, -0.1) is 0 Å². The van der Waals surface area contributed by atoms with Gasteiger partial charge in [0.05, 0.1) is 23.3 Å². The van der Waals surface area contributed by atoms with E-state index in [9.17, 15) is 4.79 Å². The summed E-state index contributed by atoms with van der Waals surface area (Å²) in [6.45, 7) is 4.32. The molecule has 1 spiro atoms. The molecule has 130 valence electrons. The summed E-state index contributed by atoms with van der Waals surface area (Å²) in [5.74, 6) is 0.329. The van der Waals surface area contributed by atoms with Gasteiger partial charge in [0.1, 0.15) is 0 Å². The Hall–Kier alpha value is -2.27. The Labute approximate surface area is 148 Å². The molecule has 25 heavy (non-hydrogen) atoms. The summed E-state index contributed by atoms with van der Waals surface area (Å²) in [5, 5.41) is 0. The first-order chi connectivity index (χ1) is 12.3. The van der Waals surface area contributed by atoms with Crippen molar-refractivity contribution in [3.05, 3.63) is 60.2 Å². The minimum atomic E-state index is -0.143. The molecule has 2 aliphatic rings. The molecule has 0 saturated carbocycles. The highest BCUT2D eigenvalue weighted by molar-refractivity contribution is 5.85. The zero-order valence-electron chi connectivity index (χ0n) is 14.5. The van der Waals surface area contributed by atoms with E-state index in [4.69, 9.17) is 0 Å². The molecule has 0 atom stereocenters. The molecule has 5 nitrogen and oxygen atoms in total. The fourth-order valence-electron chi connectivity index (χ4n) is 4.05. The number of likely N-dealkylation sites (tertiary alicyclic amines) is 2. The number of amides is 1. The standard InChI is InChI=1S/C20H24N4O/c25-19-20(9-14-24(19)16-18-6-2-4-11-22-18)7-12-23(13-8-20)15-17-5-1-3-10-21-17/h1-6,10-11H,7-9,12-16H2. The van der Waals surface area contributed by atoms with Crippen molar-refractivity contribution in [1.29, 1.82) is 0 Å². The molecule has 5 heteroatoms. The third-order valence-electron chi connectivity index (χ3n) is 5.61. The normalized spacial score (nSPS) is 20.3. The largest absolute Gasteiger partial charge is 0.336 e. The van der Waals surface area contributed by atoms with Gasteiger partial charge < -0.3 is 4.90 Å². The number of carbonyl (C=O) groups excluding carboxylic acids is 1. The average Bonchev–Trinajstić information content (AvgIpc) is 2.95. The van der Waals surface area contributed by atoms with Gasteiger partial charge in [-0.25, -0.2) is 0 Å². The van der Waals surface area contributed by atoms with E-state index in [0.717, 1.165) is 56.8 Å². The van der Waals surface area contributed by atoms with Crippen LogP contribution in [0.1, 0.15) is 30.7 Å². The molecule has 0 aliphatic carbocycles. The summed E-state index contributed by atoms with van der Waals surface area (Å²) in [6, 6.07) is 11.9. The highest BCUT2D eigenvalue weighted by Crippen LogP contribution is 2.42. The molecule has 2 saturated heterocycles. The SMILES string of the molecule is O=C1N(Cc2ccccn2)CCC12CCN(Cc1ccccn1)CC2. The smallest absolute Gasteiger partial charge is 0.229 e. The summed E-state index contributed by atoms with van der Waals surface area (Å²) in [6.07, 6.45) is 6.53. The predicted molar refractivity (Wildman–Crippen MR) is 95.5 cm³/mol. The van der Waals surface area contributed by atoms with Crippen LogP contribution in [0.5, 0.6) is 0 Å². The number of carbonyl (C=O) groups is 1. The lowest BCUT2D eigenvalue weighted by molar-refractivity contribution is -0.139. The monoisotopic (exact) mass is 336 g/mol. The highest BCUT2D eigenvalue weighted by atomic mass is 16.2. The quantitative estimate of drug-likeness (QED) is 0.861. The van der Waals surface area contributed by atoms with Gasteiger partial charge in [-0.05, 0) is 56.6 Å². The van der Waals surface area contributed by atoms with Crippen LogP contribution in [-0.2, 0) is 17.9 Å². The fraction of sp³-hybridized carbons (Fsp3) is 0.450. The predicted octanol–water partition coefficient (Wildman–Crippen LogP) is 2.49. The molecular weight excluding hydrogens is 312 g/mol. The van der Waals surface area contributed by atoms with Gasteiger partial charge in [-0.1, -0.05) is 12.1 Å². The molecule has 0 radical (unpaired) electrons. The van der Waals surface area contributed by atoms with Crippen LogP contribution in [0.25, 0.3) is 0 Å². The van der Waals surface area contributed by atoms with Crippen molar-refractivity contribution >= 4 is 5.91 Å². The van der Waals surface area contributed by atoms with Gasteiger partial charge in [0.15, 0.2) is 0 Å². The number of hydrogen-bond donors (Lipinski definition) is 0. The van der Waals surface area contributed by atoms with Crippen molar-refractivity contribution in [2.24, 2.45) is 5.41 Å². The zero-order chi connectivity index (χ0) is 17.1. The van der Waals surface area contributed by atoms with Crippen molar-refractivity contribution in [3.63, 3.8) is 0 Å². The van der Waals surface area contributed by atoms with E-state index < -0.39 is 0 Å². The maximum atomic E-state index is 13.0. The first-order valence-corrected chi connectivity index (χ1v) is 9.07. The van der Waals surface area contributed by atoms with Crippen LogP contribution in [-0.4, -0.2) is 45.3 Å². The molecule has 1 amide bonds. The number of nitrogens with zero attached hydrogens (tertiary/aromatic N) is 4. The van der Waals surface area contributed by atoms with E-state index in [-0.39, 0.29) is 5.41 Å². The second kappa shape index (κ2) is 6.92. The van der Waals surface area contributed by atoms with Crippen LogP contribution >= 0.6 is 0 Å². The molecule has 2 aromatic rings. The first-order valence-electron chi connectivity index (χ1n) is 9.07. The molecule has 0 N–H and O–H groups in total. The number of hydrogen-bond acceptors (Lipinski definition) is 4. The molecule has 0 aromatic carbocycles. The van der Waals surface area contributed by atoms with Crippen LogP contribution in [0.2, 0.25) is 0 Å². The molecule has 0 bridgehead atoms. The van der Waals surface area contributed by atoms with E-state index in [1.54, 1.807) is 6.20 Å². The van der Waals surface area contributed by atoms with Gasteiger partial charge in [-0.2, -0.15) is 0 Å². The zero-order valence-corrected chi connectivity index (χ0v) is 14.5. The minimum absolute atomic E-state index is 0.143. The second-order valence-corrected chi connectivity index (χ2v) is 7.18. The van der Waals surface area contributed by atoms with Gasteiger partial charge >= 0.3 is 0 Å². The van der Waals surface area contributed by atoms with Crippen LogP contribution < -0.4 is 0 Å². The Morgan fingerprint density at radius 3 is 2.04 bits per heavy atom. The number of aromatic nitrogens is 2. The van der Waals surface area contributed by atoms with Crippen molar-refractivity contribution in [3.8, 4) is 0 Å². The Morgan fingerprint density at radius 2 is 1.44 bits per heavy atom. The minimum Gasteiger partial charge on any atom is -0.336 e. The Balaban J connectivity index is 1.35. The Kier molecular flexibility index (Phi) is 4.49. The summed E-state index contributed by atoms with van der Waals surface area (Å²) < 4.78 is 0. The molecule has 0 unspecified atom stereocenters.